The van der Waals surface area contributed by atoms with Crippen LogP contribution in [0.1, 0.15) is 19.3 Å². The molecule has 1 unspecified atom stereocenters. The molecule has 1 aromatic heterocycles. The van der Waals surface area contributed by atoms with E-state index in [1.807, 2.05) is 0 Å². The van der Waals surface area contributed by atoms with Gasteiger partial charge in [0.2, 0.25) is 10.0 Å². The number of benzene rings is 1. The van der Waals surface area contributed by atoms with E-state index in [2.05, 4.69) is 4.98 Å². The molecule has 2 aromatic rings. The zero-order valence-electron chi connectivity index (χ0n) is 14.5. The Balaban J connectivity index is 1.85. The molecule has 0 bridgehead atoms. The molecular weight excluding hydrogens is 372 g/mol. The second-order valence-electron chi connectivity index (χ2n) is 6.22. The first kappa shape index (κ1) is 19.1. The predicted octanol–water partition coefficient (Wildman–Crippen LogP) is 2.19. The van der Waals surface area contributed by atoms with Crippen LogP contribution in [0.4, 0.5) is 11.5 Å². The standard InChI is InChI=1S/C17H20N4O5S/c18-17-11-14(8-9-19-17)26-12-13-5-3-4-10-20(13)27(24,25)16-7-2-1-6-15(16)21(22)23/h1-2,6-9,11,13H,3-5,10,12H2,(H2,18,19). The van der Waals surface area contributed by atoms with E-state index in [0.717, 1.165) is 6.42 Å². The smallest absolute Gasteiger partial charge is 0.289 e. The summed E-state index contributed by atoms with van der Waals surface area (Å²) in [5, 5.41) is 11.3. The van der Waals surface area contributed by atoms with Gasteiger partial charge < -0.3 is 10.5 Å². The van der Waals surface area contributed by atoms with Crippen molar-refractivity contribution >= 4 is 21.5 Å². The Hall–Kier alpha value is -2.72. The molecule has 1 atom stereocenters. The number of nitro benzene ring substituents is 1. The van der Waals surface area contributed by atoms with Gasteiger partial charge in [-0.25, -0.2) is 13.4 Å². The maximum atomic E-state index is 13.1. The molecule has 1 saturated heterocycles. The highest BCUT2D eigenvalue weighted by Crippen LogP contribution is 2.31. The van der Waals surface area contributed by atoms with Crippen molar-refractivity contribution in [2.75, 3.05) is 18.9 Å². The van der Waals surface area contributed by atoms with Gasteiger partial charge in [-0.2, -0.15) is 4.31 Å². The van der Waals surface area contributed by atoms with Gasteiger partial charge in [-0.05, 0) is 25.0 Å². The van der Waals surface area contributed by atoms with E-state index >= 15 is 0 Å². The molecular formula is C17H20N4O5S. The molecule has 0 spiro atoms. The Morgan fingerprint density at radius 3 is 2.81 bits per heavy atom. The number of para-hydroxylation sites is 1. The first-order chi connectivity index (χ1) is 12.9. The van der Waals surface area contributed by atoms with Crippen LogP contribution >= 0.6 is 0 Å². The molecule has 0 saturated carbocycles. The lowest BCUT2D eigenvalue weighted by Gasteiger charge is -2.34. The molecule has 1 fully saturated rings. The lowest BCUT2D eigenvalue weighted by atomic mass is 10.1. The normalized spacial score (nSPS) is 18.1. The van der Waals surface area contributed by atoms with Crippen LogP contribution in [0, 0.1) is 10.1 Å². The Morgan fingerprint density at radius 1 is 1.30 bits per heavy atom. The summed E-state index contributed by atoms with van der Waals surface area (Å²) in [7, 11) is -4.02. The highest BCUT2D eigenvalue weighted by molar-refractivity contribution is 7.89. The van der Waals surface area contributed by atoms with Crippen molar-refractivity contribution in [1.82, 2.24) is 9.29 Å². The monoisotopic (exact) mass is 392 g/mol. The molecule has 1 aromatic carbocycles. The van der Waals surface area contributed by atoms with Crippen molar-refractivity contribution in [2.45, 2.75) is 30.2 Å². The third kappa shape index (κ3) is 4.17. The van der Waals surface area contributed by atoms with Crippen molar-refractivity contribution in [1.29, 1.82) is 0 Å². The van der Waals surface area contributed by atoms with Crippen molar-refractivity contribution in [3.05, 3.63) is 52.7 Å². The zero-order chi connectivity index (χ0) is 19.4. The van der Waals surface area contributed by atoms with E-state index in [4.69, 9.17) is 10.5 Å². The summed E-state index contributed by atoms with van der Waals surface area (Å²) in [5.41, 5.74) is 5.20. The summed E-state index contributed by atoms with van der Waals surface area (Å²) in [6.07, 6.45) is 3.67. The number of ether oxygens (including phenoxy) is 1. The average Bonchev–Trinajstić information content (AvgIpc) is 2.66. The number of hydrogen-bond donors (Lipinski definition) is 1. The van der Waals surface area contributed by atoms with Crippen molar-refractivity contribution < 1.29 is 18.1 Å². The molecule has 0 aliphatic carbocycles. The lowest BCUT2D eigenvalue weighted by Crippen LogP contribution is -2.46. The summed E-state index contributed by atoms with van der Waals surface area (Å²) >= 11 is 0. The van der Waals surface area contributed by atoms with Crippen LogP contribution in [0.15, 0.2) is 47.5 Å². The van der Waals surface area contributed by atoms with Gasteiger partial charge in [0, 0.05) is 24.9 Å². The molecule has 0 radical (unpaired) electrons. The minimum atomic E-state index is -4.02. The molecule has 0 amide bonds. The van der Waals surface area contributed by atoms with E-state index in [9.17, 15) is 18.5 Å². The van der Waals surface area contributed by atoms with Gasteiger partial charge in [0.1, 0.15) is 18.2 Å². The summed E-state index contributed by atoms with van der Waals surface area (Å²) in [6.45, 7) is 0.421. The Labute approximate surface area is 157 Å². The number of piperidine rings is 1. The quantitative estimate of drug-likeness (QED) is 0.589. The number of hydrogen-bond acceptors (Lipinski definition) is 7. The van der Waals surface area contributed by atoms with Gasteiger partial charge >= 0.3 is 0 Å². The number of sulfonamides is 1. The number of rotatable bonds is 6. The maximum Gasteiger partial charge on any atom is 0.289 e. The Kier molecular flexibility index (Phi) is 5.57. The van der Waals surface area contributed by atoms with Gasteiger partial charge in [-0.15, -0.1) is 0 Å². The van der Waals surface area contributed by atoms with E-state index in [1.165, 1.54) is 34.8 Å². The molecule has 144 valence electrons. The molecule has 27 heavy (non-hydrogen) atoms. The van der Waals surface area contributed by atoms with Crippen LogP contribution in [-0.4, -0.2) is 41.8 Å². The number of nitrogens with two attached hydrogens (primary N) is 1. The number of aromatic nitrogens is 1. The highest BCUT2D eigenvalue weighted by atomic mass is 32.2. The molecule has 10 heteroatoms. The van der Waals surface area contributed by atoms with Crippen LogP contribution in [0.3, 0.4) is 0 Å². The number of nitro groups is 1. The number of nitrogens with zero attached hydrogens (tertiary/aromatic N) is 3. The molecule has 9 nitrogen and oxygen atoms in total. The first-order valence-corrected chi connectivity index (χ1v) is 9.93. The molecule has 2 heterocycles. The molecule has 1 aliphatic rings. The van der Waals surface area contributed by atoms with E-state index in [0.29, 0.717) is 31.0 Å². The van der Waals surface area contributed by atoms with Gasteiger partial charge in [0.25, 0.3) is 5.69 Å². The minimum absolute atomic E-state index is 0.128. The highest BCUT2D eigenvalue weighted by Gasteiger charge is 2.37. The Bertz CT molecular complexity index is 934. The molecule has 3 rings (SSSR count). The third-order valence-electron chi connectivity index (χ3n) is 4.42. The lowest BCUT2D eigenvalue weighted by molar-refractivity contribution is -0.387. The fourth-order valence-corrected chi connectivity index (χ4v) is 4.96. The van der Waals surface area contributed by atoms with Crippen LogP contribution in [0.25, 0.3) is 0 Å². The number of pyridine rings is 1. The first-order valence-electron chi connectivity index (χ1n) is 8.49. The van der Waals surface area contributed by atoms with Crippen molar-refractivity contribution in [2.24, 2.45) is 0 Å². The zero-order valence-corrected chi connectivity index (χ0v) is 15.3. The predicted molar refractivity (Wildman–Crippen MR) is 98.8 cm³/mol. The van der Waals surface area contributed by atoms with Crippen molar-refractivity contribution in [3.63, 3.8) is 0 Å². The van der Waals surface area contributed by atoms with Gasteiger partial charge in [0.15, 0.2) is 4.90 Å². The summed E-state index contributed by atoms with van der Waals surface area (Å²) in [4.78, 5) is 14.2. The topological polar surface area (TPSA) is 129 Å². The maximum absolute atomic E-state index is 13.1. The van der Waals surface area contributed by atoms with Gasteiger partial charge in [-0.1, -0.05) is 18.6 Å². The van der Waals surface area contributed by atoms with E-state index in [-0.39, 0.29) is 11.5 Å². The van der Waals surface area contributed by atoms with E-state index in [1.54, 1.807) is 12.1 Å². The second-order valence-corrected chi connectivity index (χ2v) is 8.08. The number of anilines is 1. The summed E-state index contributed by atoms with van der Waals surface area (Å²) < 4.78 is 33.3. The van der Waals surface area contributed by atoms with Crippen molar-refractivity contribution in [3.8, 4) is 5.75 Å². The number of nitrogen functional groups attached to an aromatic ring is 1. The SMILES string of the molecule is Nc1cc(OCC2CCCCN2S(=O)(=O)c2ccccc2[N+](=O)[O-])ccn1. The van der Waals surface area contributed by atoms with Crippen LogP contribution in [0.5, 0.6) is 5.75 Å². The summed E-state index contributed by atoms with van der Waals surface area (Å²) in [6, 6.07) is 8.17. The van der Waals surface area contributed by atoms with E-state index < -0.39 is 26.7 Å². The average molecular weight is 392 g/mol. The largest absolute Gasteiger partial charge is 0.492 e. The molecule has 2 N–H and O–H groups in total. The third-order valence-corrected chi connectivity index (χ3v) is 6.42. The van der Waals surface area contributed by atoms with Crippen LogP contribution < -0.4 is 10.5 Å². The van der Waals surface area contributed by atoms with Crippen LogP contribution in [0.2, 0.25) is 0 Å². The Morgan fingerprint density at radius 2 is 2.07 bits per heavy atom. The summed E-state index contributed by atoms with van der Waals surface area (Å²) in [5.74, 6) is 0.802. The van der Waals surface area contributed by atoms with Gasteiger partial charge in [0.05, 0.1) is 11.0 Å². The fourth-order valence-electron chi connectivity index (χ4n) is 3.12. The molecule has 1 aliphatic heterocycles. The van der Waals surface area contributed by atoms with Crippen LogP contribution in [-0.2, 0) is 10.0 Å². The van der Waals surface area contributed by atoms with Gasteiger partial charge in [-0.3, -0.25) is 10.1 Å². The second kappa shape index (κ2) is 7.89. The fraction of sp³-hybridized carbons (Fsp3) is 0.353. The minimum Gasteiger partial charge on any atom is -0.492 e.